The molecule has 1 heterocycles. The van der Waals surface area contributed by atoms with E-state index in [-0.39, 0.29) is 5.91 Å². The fraction of sp³-hybridized carbons (Fsp3) is 0.120. The summed E-state index contributed by atoms with van der Waals surface area (Å²) in [6, 6.07) is 22.8. The van der Waals surface area contributed by atoms with Crippen molar-refractivity contribution in [3.8, 4) is 22.8 Å². The Bertz CT molecular complexity index is 1230. The highest BCUT2D eigenvalue weighted by Crippen LogP contribution is 2.33. The Morgan fingerprint density at radius 2 is 1.67 bits per heavy atom. The molecule has 5 heteroatoms. The Morgan fingerprint density at radius 3 is 2.43 bits per heavy atom. The first-order chi connectivity index (χ1) is 14.6. The van der Waals surface area contributed by atoms with E-state index in [1.165, 1.54) is 0 Å². The Morgan fingerprint density at radius 1 is 0.867 bits per heavy atom. The third kappa shape index (κ3) is 3.82. The van der Waals surface area contributed by atoms with Crippen molar-refractivity contribution in [1.82, 2.24) is 4.98 Å². The van der Waals surface area contributed by atoms with Crippen LogP contribution in [-0.2, 0) is 0 Å². The molecule has 0 saturated carbocycles. The van der Waals surface area contributed by atoms with Crippen LogP contribution in [0.5, 0.6) is 11.5 Å². The van der Waals surface area contributed by atoms with Crippen LogP contribution in [0.15, 0.2) is 72.8 Å². The maximum Gasteiger partial charge on any atom is 0.256 e. The van der Waals surface area contributed by atoms with E-state index in [2.05, 4.69) is 5.32 Å². The van der Waals surface area contributed by atoms with E-state index in [9.17, 15) is 4.79 Å². The number of hydrogen-bond acceptors (Lipinski definition) is 4. The van der Waals surface area contributed by atoms with Gasteiger partial charge in [-0.2, -0.15) is 0 Å². The van der Waals surface area contributed by atoms with Crippen LogP contribution in [0.3, 0.4) is 0 Å². The zero-order valence-electron chi connectivity index (χ0n) is 17.1. The largest absolute Gasteiger partial charge is 0.493 e. The monoisotopic (exact) mass is 398 g/mol. The average molecular weight is 398 g/mol. The predicted octanol–water partition coefficient (Wildman–Crippen LogP) is 5.48. The van der Waals surface area contributed by atoms with Gasteiger partial charge in [-0.25, -0.2) is 4.98 Å². The van der Waals surface area contributed by atoms with Crippen molar-refractivity contribution in [2.45, 2.75) is 6.92 Å². The first-order valence-corrected chi connectivity index (χ1v) is 9.59. The van der Waals surface area contributed by atoms with Crippen molar-refractivity contribution in [2.24, 2.45) is 0 Å². The Labute approximate surface area is 175 Å². The molecule has 0 spiro atoms. The number of ether oxygens (including phenoxy) is 2. The summed E-state index contributed by atoms with van der Waals surface area (Å²) in [7, 11) is 3.19. The molecule has 5 nitrogen and oxygen atoms in total. The molecule has 0 saturated heterocycles. The molecule has 0 radical (unpaired) electrons. The van der Waals surface area contributed by atoms with E-state index >= 15 is 0 Å². The summed E-state index contributed by atoms with van der Waals surface area (Å²) in [5.74, 6) is 1.07. The lowest BCUT2D eigenvalue weighted by molar-refractivity contribution is 0.102. The normalized spacial score (nSPS) is 10.6. The van der Waals surface area contributed by atoms with Crippen molar-refractivity contribution in [3.05, 3.63) is 83.9 Å². The molecule has 3 aromatic carbocycles. The third-order valence-corrected chi connectivity index (χ3v) is 4.92. The van der Waals surface area contributed by atoms with Crippen LogP contribution < -0.4 is 14.8 Å². The number of methoxy groups -OCH3 is 2. The quantitative estimate of drug-likeness (QED) is 0.484. The maximum atomic E-state index is 13.2. The number of carbonyl (C=O) groups excluding carboxylic acids is 1. The Hall–Kier alpha value is -3.86. The number of nitrogens with one attached hydrogen (secondary N) is 1. The number of hydrogen-bond donors (Lipinski definition) is 1. The van der Waals surface area contributed by atoms with Gasteiger partial charge >= 0.3 is 0 Å². The van der Waals surface area contributed by atoms with Crippen LogP contribution >= 0.6 is 0 Å². The van der Waals surface area contributed by atoms with E-state index in [1.807, 2.05) is 79.7 Å². The van der Waals surface area contributed by atoms with Gasteiger partial charge in [0.15, 0.2) is 11.5 Å². The highest BCUT2D eigenvalue weighted by molar-refractivity contribution is 6.13. The van der Waals surface area contributed by atoms with Gasteiger partial charge in [0, 0.05) is 16.6 Å². The lowest BCUT2D eigenvalue weighted by Crippen LogP contribution is -2.13. The lowest BCUT2D eigenvalue weighted by atomic mass is 10.0. The number of pyridine rings is 1. The molecule has 0 aliphatic carbocycles. The molecule has 0 unspecified atom stereocenters. The predicted molar refractivity (Wildman–Crippen MR) is 119 cm³/mol. The topological polar surface area (TPSA) is 60.5 Å². The van der Waals surface area contributed by atoms with Gasteiger partial charge in [0.25, 0.3) is 5.91 Å². The number of carbonyl (C=O) groups is 1. The van der Waals surface area contributed by atoms with E-state index in [0.717, 1.165) is 27.7 Å². The van der Waals surface area contributed by atoms with Crippen LogP contribution in [0.2, 0.25) is 0 Å². The van der Waals surface area contributed by atoms with Gasteiger partial charge in [0.1, 0.15) is 0 Å². The van der Waals surface area contributed by atoms with Crippen molar-refractivity contribution >= 4 is 22.5 Å². The van der Waals surface area contributed by atoms with Gasteiger partial charge in [-0.05, 0) is 55.0 Å². The molecule has 0 aliphatic heterocycles. The Kier molecular flexibility index (Phi) is 5.35. The van der Waals surface area contributed by atoms with Gasteiger partial charge in [-0.3, -0.25) is 4.79 Å². The number of rotatable bonds is 5. The lowest BCUT2D eigenvalue weighted by Gasteiger charge is -2.13. The van der Waals surface area contributed by atoms with Gasteiger partial charge in [-0.15, -0.1) is 0 Å². The van der Waals surface area contributed by atoms with E-state index in [0.29, 0.717) is 22.8 Å². The van der Waals surface area contributed by atoms with Crippen LogP contribution in [-0.4, -0.2) is 25.1 Å². The summed E-state index contributed by atoms with van der Waals surface area (Å²) >= 11 is 0. The fourth-order valence-electron chi connectivity index (χ4n) is 3.43. The third-order valence-electron chi connectivity index (χ3n) is 4.92. The molecule has 0 atom stereocenters. The molecule has 0 bridgehead atoms. The molecule has 4 rings (SSSR count). The summed E-state index contributed by atoms with van der Waals surface area (Å²) < 4.78 is 10.7. The average Bonchev–Trinajstić information content (AvgIpc) is 2.77. The first-order valence-electron chi connectivity index (χ1n) is 9.59. The molecule has 0 fully saturated rings. The number of benzene rings is 3. The first kappa shape index (κ1) is 19.5. The number of fused-ring (bicyclic) bond motifs is 1. The minimum absolute atomic E-state index is 0.180. The second-order valence-electron chi connectivity index (χ2n) is 6.97. The summed E-state index contributed by atoms with van der Waals surface area (Å²) in [5.41, 5.74) is 4.67. The van der Waals surface area contributed by atoms with Gasteiger partial charge < -0.3 is 14.8 Å². The summed E-state index contributed by atoms with van der Waals surface area (Å²) in [4.78, 5) is 17.9. The molecule has 4 aromatic rings. The van der Waals surface area contributed by atoms with Gasteiger partial charge in [0.2, 0.25) is 0 Å². The second kappa shape index (κ2) is 8.25. The standard InChI is InChI=1S/C25H22N2O3/c1-16-7-6-8-18(13-16)26-25(28)20-15-22(27-21-10-5-4-9-19(20)21)17-11-12-23(29-2)24(14-17)30-3/h4-15H,1-3H3,(H,26,28). The highest BCUT2D eigenvalue weighted by Gasteiger charge is 2.15. The molecular formula is C25H22N2O3. The van der Waals surface area contributed by atoms with E-state index in [1.54, 1.807) is 14.2 Å². The molecule has 1 amide bonds. The minimum Gasteiger partial charge on any atom is -0.493 e. The highest BCUT2D eigenvalue weighted by atomic mass is 16.5. The number of aryl methyl sites for hydroxylation is 1. The van der Waals surface area contributed by atoms with E-state index < -0.39 is 0 Å². The number of aromatic nitrogens is 1. The fourth-order valence-corrected chi connectivity index (χ4v) is 3.43. The number of nitrogens with zero attached hydrogens (tertiary/aromatic N) is 1. The SMILES string of the molecule is COc1ccc(-c2cc(C(=O)Nc3cccc(C)c3)c3ccccc3n2)cc1OC. The summed E-state index contributed by atoms with van der Waals surface area (Å²) in [6.45, 7) is 1.99. The molecule has 1 N–H and O–H groups in total. The Balaban J connectivity index is 1.81. The van der Waals surface area contributed by atoms with Gasteiger partial charge in [-0.1, -0.05) is 30.3 Å². The molecule has 30 heavy (non-hydrogen) atoms. The van der Waals surface area contributed by atoms with Crippen LogP contribution in [0, 0.1) is 6.92 Å². The van der Waals surface area contributed by atoms with Crippen molar-refractivity contribution < 1.29 is 14.3 Å². The second-order valence-corrected chi connectivity index (χ2v) is 6.97. The smallest absolute Gasteiger partial charge is 0.256 e. The zero-order chi connectivity index (χ0) is 21.1. The molecule has 1 aromatic heterocycles. The van der Waals surface area contributed by atoms with Crippen LogP contribution in [0.1, 0.15) is 15.9 Å². The summed E-state index contributed by atoms with van der Waals surface area (Å²) in [6.07, 6.45) is 0. The summed E-state index contributed by atoms with van der Waals surface area (Å²) in [5, 5.41) is 3.80. The molecule has 0 aliphatic rings. The molecular weight excluding hydrogens is 376 g/mol. The van der Waals surface area contributed by atoms with Crippen molar-refractivity contribution in [2.75, 3.05) is 19.5 Å². The number of amides is 1. The zero-order valence-corrected chi connectivity index (χ0v) is 17.1. The van der Waals surface area contributed by atoms with E-state index in [4.69, 9.17) is 14.5 Å². The number of para-hydroxylation sites is 1. The van der Waals surface area contributed by atoms with Gasteiger partial charge in [0.05, 0.1) is 31.0 Å². The van der Waals surface area contributed by atoms with Crippen molar-refractivity contribution in [1.29, 1.82) is 0 Å². The minimum atomic E-state index is -0.180. The van der Waals surface area contributed by atoms with Crippen LogP contribution in [0.25, 0.3) is 22.2 Å². The maximum absolute atomic E-state index is 13.2. The van der Waals surface area contributed by atoms with Crippen molar-refractivity contribution in [3.63, 3.8) is 0 Å². The molecule has 150 valence electrons. The number of anilines is 1. The van der Waals surface area contributed by atoms with Crippen LogP contribution in [0.4, 0.5) is 5.69 Å².